The average Bonchev–Trinajstić information content (AvgIpc) is 2.61. The van der Waals surface area contributed by atoms with Crippen molar-refractivity contribution in [2.24, 2.45) is 5.92 Å². The van der Waals surface area contributed by atoms with Crippen molar-refractivity contribution in [2.75, 3.05) is 18.1 Å². The maximum Gasteiger partial charge on any atom is 0.0144 e. The molecule has 0 saturated carbocycles. The average molecular weight is 256 g/mol. The first-order valence-electron chi connectivity index (χ1n) is 6.97. The van der Waals surface area contributed by atoms with Crippen LogP contribution in [-0.2, 0) is 0 Å². The van der Waals surface area contributed by atoms with Crippen molar-refractivity contribution in [3.63, 3.8) is 0 Å². The molecule has 2 saturated heterocycles. The Morgan fingerprint density at radius 2 is 1.82 bits per heavy atom. The molecule has 0 aromatic carbocycles. The molecule has 2 aliphatic rings. The molecule has 0 aromatic rings. The summed E-state index contributed by atoms with van der Waals surface area (Å²) >= 11 is 2.12. The first kappa shape index (κ1) is 13.7. The van der Waals surface area contributed by atoms with E-state index in [4.69, 9.17) is 0 Å². The molecule has 17 heavy (non-hydrogen) atoms. The molecule has 0 spiro atoms. The smallest absolute Gasteiger partial charge is 0.0144 e. The molecule has 2 N–H and O–H groups in total. The summed E-state index contributed by atoms with van der Waals surface area (Å²) in [6.45, 7) is 10.5. The highest BCUT2D eigenvalue weighted by Crippen LogP contribution is 2.29. The second-order valence-corrected chi connectivity index (χ2v) is 8.29. The summed E-state index contributed by atoms with van der Waals surface area (Å²) in [5, 5.41) is 7.57. The van der Waals surface area contributed by atoms with Gasteiger partial charge in [0.15, 0.2) is 0 Å². The Balaban J connectivity index is 1.83. The summed E-state index contributed by atoms with van der Waals surface area (Å²) in [4.78, 5) is 0. The van der Waals surface area contributed by atoms with E-state index in [1.165, 1.54) is 37.3 Å². The predicted molar refractivity (Wildman–Crippen MR) is 77.8 cm³/mol. The van der Waals surface area contributed by atoms with Crippen LogP contribution < -0.4 is 10.6 Å². The van der Waals surface area contributed by atoms with Gasteiger partial charge in [-0.3, -0.25) is 0 Å². The first-order chi connectivity index (χ1) is 7.86. The Morgan fingerprint density at radius 1 is 1.18 bits per heavy atom. The highest BCUT2D eigenvalue weighted by Gasteiger charge is 2.37. The molecule has 0 radical (unpaired) electrons. The van der Waals surface area contributed by atoms with E-state index < -0.39 is 0 Å². The second-order valence-electron chi connectivity index (χ2n) is 7.14. The monoisotopic (exact) mass is 256 g/mol. The Bertz CT molecular complexity index is 241. The largest absolute Gasteiger partial charge is 0.314 e. The van der Waals surface area contributed by atoms with Gasteiger partial charge in [-0.15, -0.1) is 0 Å². The summed E-state index contributed by atoms with van der Waals surface area (Å²) in [6, 6.07) is 0.687. The van der Waals surface area contributed by atoms with Crippen molar-refractivity contribution in [3.8, 4) is 0 Å². The molecule has 1 atom stereocenters. The van der Waals surface area contributed by atoms with Crippen LogP contribution in [-0.4, -0.2) is 35.2 Å². The second kappa shape index (κ2) is 5.10. The zero-order valence-electron chi connectivity index (χ0n) is 11.8. The lowest BCUT2D eigenvalue weighted by atomic mass is 9.79. The fraction of sp³-hybridized carbons (Fsp3) is 1.00. The van der Waals surface area contributed by atoms with E-state index in [0.29, 0.717) is 6.04 Å². The van der Waals surface area contributed by atoms with Gasteiger partial charge < -0.3 is 10.6 Å². The van der Waals surface area contributed by atoms with E-state index in [1.54, 1.807) is 0 Å². The number of piperidine rings is 1. The number of nitrogens with one attached hydrogen (secondary N) is 2. The van der Waals surface area contributed by atoms with Gasteiger partial charge in [0.05, 0.1) is 0 Å². The number of thioether (sulfide) groups is 1. The zero-order valence-corrected chi connectivity index (χ0v) is 12.6. The van der Waals surface area contributed by atoms with Gasteiger partial charge in [-0.1, -0.05) is 0 Å². The van der Waals surface area contributed by atoms with Crippen molar-refractivity contribution in [3.05, 3.63) is 0 Å². The third kappa shape index (κ3) is 4.15. The van der Waals surface area contributed by atoms with Crippen LogP contribution in [0.15, 0.2) is 0 Å². The lowest BCUT2D eigenvalue weighted by molar-refractivity contribution is 0.144. The summed E-state index contributed by atoms with van der Waals surface area (Å²) in [5.41, 5.74) is 0.535. The molecule has 0 aromatic heterocycles. The maximum absolute atomic E-state index is 3.82. The van der Waals surface area contributed by atoms with Crippen molar-refractivity contribution in [1.82, 2.24) is 10.6 Å². The molecular weight excluding hydrogens is 228 g/mol. The molecule has 2 rings (SSSR count). The van der Waals surface area contributed by atoms with Crippen LogP contribution in [0.25, 0.3) is 0 Å². The highest BCUT2D eigenvalue weighted by molar-refractivity contribution is 7.99. The lowest BCUT2D eigenvalue weighted by Crippen LogP contribution is -2.61. The minimum atomic E-state index is 0.268. The minimum absolute atomic E-state index is 0.268. The van der Waals surface area contributed by atoms with Crippen LogP contribution in [0.5, 0.6) is 0 Å². The predicted octanol–water partition coefficient (Wildman–Crippen LogP) is 2.64. The number of hydrogen-bond acceptors (Lipinski definition) is 3. The maximum atomic E-state index is 3.82. The lowest BCUT2D eigenvalue weighted by Gasteiger charge is -2.47. The molecule has 2 aliphatic heterocycles. The Kier molecular flexibility index (Phi) is 4.11. The minimum Gasteiger partial charge on any atom is -0.314 e. The fourth-order valence-corrected chi connectivity index (χ4v) is 4.83. The van der Waals surface area contributed by atoms with E-state index in [2.05, 4.69) is 50.1 Å². The van der Waals surface area contributed by atoms with E-state index in [9.17, 15) is 0 Å². The van der Waals surface area contributed by atoms with E-state index >= 15 is 0 Å². The normalized spacial score (nSPS) is 32.8. The third-order valence-corrected chi connectivity index (χ3v) is 5.14. The standard InChI is InChI=1S/C14H28N2S/c1-13(2)7-12(8-14(3,4)16-13)15-9-11-5-6-17-10-11/h11-12,15-16H,5-10H2,1-4H3. The van der Waals surface area contributed by atoms with Gasteiger partial charge in [0, 0.05) is 17.1 Å². The van der Waals surface area contributed by atoms with Gasteiger partial charge >= 0.3 is 0 Å². The fourth-order valence-electron chi connectivity index (χ4n) is 3.54. The molecule has 3 heteroatoms. The molecule has 2 nitrogen and oxygen atoms in total. The van der Waals surface area contributed by atoms with Gasteiger partial charge in [-0.25, -0.2) is 0 Å². The van der Waals surface area contributed by atoms with Crippen LogP contribution in [0, 0.1) is 5.92 Å². The number of hydrogen-bond donors (Lipinski definition) is 2. The first-order valence-corrected chi connectivity index (χ1v) is 8.12. The SMILES string of the molecule is CC1(C)CC(NCC2CCSC2)CC(C)(C)N1. The van der Waals surface area contributed by atoms with Crippen LogP contribution >= 0.6 is 11.8 Å². The molecule has 1 unspecified atom stereocenters. The topological polar surface area (TPSA) is 24.1 Å². The Hall–Kier alpha value is 0.270. The van der Waals surface area contributed by atoms with E-state index in [0.717, 1.165) is 5.92 Å². The number of rotatable bonds is 3. The quantitative estimate of drug-likeness (QED) is 0.812. The third-order valence-electron chi connectivity index (χ3n) is 3.91. The summed E-state index contributed by atoms with van der Waals surface area (Å²) in [6.07, 6.45) is 3.90. The molecule has 100 valence electrons. The van der Waals surface area contributed by atoms with Gasteiger partial charge in [0.2, 0.25) is 0 Å². The molecular formula is C14H28N2S. The molecule has 0 aliphatic carbocycles. The van der Waals surface area contributed by atoms with Gasteiger partial charge in [-0.2, -0.15) is 11.8 Å². The molecule has 0 bridgehead atoms. The summed E-state index contributed by atoms with van der Waals surface area (Å²) in [5.74, 6) is 3.65. The highest BCUT2D eigenvalue weighted by atomic mass is 32.2. The summed E-state index contributed by atoms with van der Waals surface area (Å²) in [7, 11) is 0. The van der Waals surface area contributed by atoms with Gasteiger partial charge in [0.1, 0.15) is 0 Å². The van der Waals surface area contributed by atoms with Crippen LogP contribution in [0.1, 0.15) is 47.0 Å². The van der Waals surface area contributed by atoms with Crippen molar-refractivity contribution >= 4 is 11.8 Å². The van der Waals surface area contributed by atoms with Gasteiger partial charge in [-0.05, 0) is 70.9 Å². The van der Waals surface area contributed by atoms with Crippen molar-refractivity contribution < 1.29 is 0 Å². The molecule has 2 heterocycles. The van der Waals surface area contributed by atoms with Gasteiger partial charge in [0.25, 0.3) is 0 Å². The van der Waals surface area contributed by atoms with E-state index in [-0.39, 0.29) is 11.1 Å². The molecule has 0 amide bonds. The van der Waals surface area contributed by atoms with E-state index in [1.807, 2.05) is 0 Å². The van der Waals surface area contributed by atoms with Crippen molar-refractivity contribution in [1.29, 1.82) is 0 Å². The molecule has 2 fully saturated rings. The van der Waals surface area contributed by atoms with Crippen LogP contribution in [0.4, 0.5) is 0 Å². The van der Waals surface area contributed by atoms with Crippen LogP contribution in [0.2, 0.25) is 0 Å². The Labute approximate surface area is 111 Å². The van der Waals surface area contributed by atoms with Crippen LogP contribution in [0.3, 0.4) is 0 Å². The summed E-state index contributed by atoms with van der Waals surface area (Å²) < 4.78 is 0. The van der Waals surface area contributed by atoms with Crippen molar-refractivity contribution in [2.45, 2.75) is 64.1 Å². The Morgan fingerprint density at radius 3 is 2.35 bits per heavy atom. The zero-order chi connectivity index (χ0) is 12.5.